The largest absolute Gasteiger partial charge is 0.370 e. The summed E-state index contributed by atoms with van der Waals surface area (Å²) < 4.78 is 2.09. The molecule has 0 fully saturated rings. The number of hydrogen-bond donors (Lipinski definition) is 1. The van der Waals surface area contributed by atoms with Crippen LogP contribution in [0, 0.1) is 13.8 Å². The minimum absolute atomic E-state index is 1.01. The summed E-state index contributed by atoms with van der Waals surface area (Å²) in [5.41, 5.74) is 7.32. The summed E-state index contributed by atoms with van der Waals surface area (Å²) in [7, 11) is 0. The Morgan fingerprint density at radius 3 is 2.54 bits per heavy atom. The Balaban J connectivity index is 1.92. The van der Waals surface area contributed by atoms with Gasteiger partial charge in [-0.25, -0.2) is 4.68 Å². The molecular weight excluding hydrogens is 294 g/mol. The standard InChI is InChI=1S/C21H23N3/c1-15-7-5-9-17(13-15)20-19-11-3-4-12-22-21(19)24(23-20)18-10-6-8-16(2)14-18/h5-10,13-14,22H,3-4,11-12H2,1-2H3. The molecule has 1 aliphatic rings. The molecular formula is C21H23N3. The van der Waals surface area contributed by atoms with Crippen molar-refractivity contribution in [2.24, 2.45) is 0 Å². The second-order valence-corrected chi connectivity index (χ2v) is 6.68. The molecule has 122 valence electrons. The minimum Gasteiger partial charge on any atom is -0.370 e. The molecule has 0 saturated heterocycles. The summed E-state index contributed by atoms with van der Waals surface area (Å²) in [4.78, 5) is 0. The molecule has 4 rings (SSSR count). The number of rotatable bonds is 2. The normalized spacial score (nSPS) is 13.9. The lowest BCUT2D eigenvalue weighted by atomic mass is 10.0. The topological polar surface area (TPSA) is 29.9 Å². The van der Waals surface area contributed by atoms with Gasteiger partial charge in [0.25, 0.3) is 0 Å². The van der Waals surface area contributed by atoms with E-state index < -0.39 is 0 Å². The second kappa shape index (κ2) is 6.16. The molecule has 0 radical (unpaired) electrons. The maximum absolute atomic E-state index is 5.01. The highest BCUT2D eigenvalue weighted by Crippen LogP contribution is 2.34. The number of aromatic nitrogens is 2. The smallest absolute Gasteiger partial charge is 0.133 e. The second-order valence-electron chi connectivity index (χ2n) is 6.68. The first-order valence-electron chi connectivity index (χ1n) is 8.72. The van der Waals surface area contributed by atoms with Crippen LogP contribution >= 0.6 is 0 Å². The van der Waals surface area contributed by atoms with E-state index in [0.717, 1.165) is 30.2 Å². The van der Waals surface area contributed by atoms with Crippen molar-refractivity contribution in [3.8, 4) is 16.9 Å². The molecule has 0 spiro atoms. The molecule has 3 nitrogen and oxygen atoms in total. The molecule has 0 bridgehead atoms. The zero-order valence-electron chi connectivity index (χ0n) is 14.3. The quantitative estimate of drug-likeness (QED) is 0.728. The Labute approximate surface area is 143 Å². The van der Waals surface area contributed by atoms with Gasteiger partial charge in [-0.3, -0.25) is 0 Å². The third kappa shape index (κ3) is 2.71. The highest BCUT2D eigenvalue weighted by molar-refractivity contribution is 5.71. The molecule has 3 aromatic rings. The predicted molar refractivity (Wildman–Crippen MR) is 99.9 cm³/mol. The predicted octanol–water partition coefficient (Wildman–Crippen LogP) is 4.90. The van der Waals surface area contributed by atoms with Crippen LogP contribution in [0.25, 0.3) is 16.9 Å². The Hall–Kier alpha value is -2.55. The van der Waals surface area contributed by atoms with Crippen molar-refractivity contribution < 1.29 is 0 Å². The Morgan fingerprint density at radius 2 is 1.75 bits per heavy atom. The van der Waals surface area contributed by atoms with E-state index in [1.807, 2.05) is 0 Å². The van der Waals surface area contributed by atoms with E-state index in [0.29, 0.717) is 0 Å². The molecule has 2 heterocycles. The van der Waals surface area contributed by atoms with Gasteiger partial charge in [-0.2, -0.15) is 5.10 Å². The van der Waals surface area contributed by atoms with Crippen LogP contribution in [0.1, 0.15) is 29.5 Å². The van der Waals surface area contributed by atoms with Gasteiger partial charge >= 0.3 is 0 Å². The Kier molecular flexibility index (Phi) is 3.85. The number of anilines is 1. The fourth-order valence-corrected chi connectivity index (χ4v) is 3.47. The van der Waals surface area contributed by atoms with Crippen molar-refractivity contribution in [2.45, 2.75) is 33.1 Å². The lowest BCUT2D eigenvalue weighted by molar-refractivity contribution is 0.780. The van der Waals surface area contributed by atoms with Crippen LogP contribution in [-0.4, -0.2) is 16.3 Å². The van der Waals surface area contributed by atoms with E-state index in [2.05, 4.69) is 72.4 Å². The average molecular weight is 317 g/mol. The van der Waals surface area contributed by atoms with Crippen molar-refractivity contribution in [1.29, 1.82) is 0 Å². The van der Waals surface area contributed by atoms with E-state index in [1.54, 1.807) is 0 Å². The first-order valence-corrected chi connectivity index (χ1v) is 8.72. The molecule has 1 N–H and O–H groups in total. The van der Waals surface area contributed by atoms with Gasteiger partial charge in [-0.1, -0.05) is 35.9 Å². The Morgan fingerprint density at radius 1 is 0.958 bits per heavy atom. The van der Waals surface area contributed by atoms with Gasteiger partial charge in [0.1, 0.15) is 5.82 Å². The first-order chi connectivity index (χ1) is 11.7. The molecule has 1 aliphatic heterocycles. The summed E-state index contributed by atoms with van der Waals surface area (Å²) >= 11 is 0. The third-order valence-corrected chi connectivity index (χ3v) is 4.67. The van der Waals surface area contributed by atoms with Gasteiger partial charge in [-0.05, 0) is 56.9 Å². The van der Waals surface area contributed by atoms with Crippen LogP contribution in [0.15, 0.2) is 48.5 Å². The van der Waals surface area contributed by atoms with Crippen LogP contribution in [-0.2, 0) is 6.42 Å². The van der Waals surface area contributed by atoms with Crippen molar-refractivity contribution in [3.63, 3.8) is 0 Å². The number of nitrogens with zero attached hydrogens (tertiary/aromatic N) is 2. The van der Waals surface area contributed by atoms with E-state index in [1.165, 1.54) is 35.1 Å². The van der Waals surface area contributed by atoms with Gasteiger partial charge < -0.3 is 5.32 Å². The molecule has 0 saturated carbocycles. The van der Waals surface area contributed by atoms with Crippen molar-refractivity contribution in [1.82, 2.24) is 9.78 Å². The lowest BCUT2D eigenvalue weighted by Crippen LogP contribution is -2.07. The van der Waals surface area contributed by atoms with Gasteiger partial charge in [0.2, 0.25) is 0 Å². The van der Waals surface area contributed by atoms with Gasteiger partial charge in [0, 0.05) is 17.7 Å². The third-order valence-electron chi connectivity index (χ3n) is 4.67. The monoisotopic (exact) mass is 317 g/mol. The van der Waals surface area contributed by atoms with Crippen LogP contribution in [0.5, 0.6) is 0 Å². The maximum Gasteiger partial charge on any atom is 0.133 e. The number of benzene rings is 2. The molecule has 24 heavy (non-hydrogen) atoms. The summed E-state index contributed by atoms with van der Waals surface area (Å²) in [6.07, 6.45) is 3.49. The fourth-order valence-electron chi connectivity index (χ4n) is 3.47. The highest BCUT2D eigenvalue weighted by Gasteiger charge is 2.21. The molecule has 0 aliphatic carbocycles. The summed E-state index contributed by atoms with van der Waals surface area (Å²) in [6.45, 7) is 5.27. The highest BCUT2D eigenvalue weighted by atomic mass is 15.3. The number of nitrogens with one attached hydrogen (secondary N) is 1. The minimum atomic E-state index is 1.01. The first kappa shape index (κ1) is 15.0. The van der Waals surface area contributed by atoms with Crippen molar-refractivity contribution in [3.05, 3.63) is 65.2 Å². The molecule has 2 aromatic carbocycles. The maximum atomic E-state index is 5.01. The lowest BCUT2D eigenvalue weighted by Gasteiger charge is -2.09. The number of aryl methyl sites for hydroxylation is 2. The van der Waals surface area contributed by atoms with Gasteiger partial charge in [0.15, 0.2) is 0 Å². The van der Waals surface area contributed by atoms with Gasteiger partial charge in [0.05, 0.1) is 11.4 Å². The van der Waals surface area contributed by atoms with Crippen LogP contribution < -0.4 is 5.32 Å². The molecule has 0 amide bonds. The van der Waals surface area contributed by atoms with Crippen LogP contribution in [0.3, 0.4) is 0 Å². The molecule has 0 unspecified atom stereocenters. The zero-order chi connectivity index (χ0) is 16.5. The summed E-state index contributed by atoms with van der Waals surface area (Å²) in [5.74, 6) is 1.16. The van der Waals surface area contributed by atoms with E-state index in [9.17, 15) is 0 Å². The summed E-state index contributed by atoms with van der Waals surface area (Å²) in [5, 5.41) is 8.63. The molecule has 1 aromatic heterocycles. The van der Waals surface area contributed by atoms with Crippen molar-refractivity contribution in [2.75, 3.05) is 11.9 Å². The van der Waals surface area contributed by atoms with Crippen LogP contribution in [0.4, 0.5) is 5.82 Å². The van der Waals surface area contributed by atoms with Gasteiger partial charge in [-0.15, -0.1) is 0 Å². The van der Waals surface area contributed by atoms with Crippen LogP contribution in [0.2, 0.25) is 0 Å². The molecule has 3 heteroatoms. The SMILES string of the molecule is Cc1cccc(-c2nn(-c3cccc(C)c3)c3c2CCCCN3)c1. The van der Waals surface area contributed by atoms with E-state index in [4.69, 9.17) is 5.10 Å². The fraction of sp³-hybridized carbons (Fsp3) is 0.286. The summed E-state index contributed by atoms with van der Waals surface area (Å²) in [6, 6.07) is 17.2. The Bertz CT molecular complexity index is 807. The zero-order valence-corrected chi connectivity index (χ0v) is 14.3. The average Bonchev–Trinajstić information content (AvgIpc) is 2.76. The van der Waals surface area contributed by atoms with E-state index >= 15 is 0 Å². The van der Waals surface area contributed by atoms with E-state index in [-0.39, 0.29) is 0 Å². The van der Waals surface area contributed by atoms with Crippen molar-refractivity contribution >= 4 is 5.82 Å². The number of hydrogen-bond acceptors (Lipinski definition) is 2. The number of fused-ring (bicyclic) bond motifs is 1. The molecule has 0 atom stereocenters.